The molecule has 3 aromatic rings. The molecule has 5 nitrogen and oxygen atoms in total. The Morgan fingerprint density at radius 1 is 0.848 bits per heavy atom. The monoisotopic (exact) mass is 471 g/mol. The minimum atomic E-state index is -5.09. The number of halogens is 6. The fraction of sp³-hybridized carbons (Fsp3) is 0.136. The standard InChI is InChI=1S/C22H15F6NO4/c1-32-15-5-7-16(8-6-15)33-18-4-2-3-17(30)19(18)20(31)29-14-10-12(21(23,24)25)9-13(11-14)22(26,27)28/h2-11,30H,1H3,(H,29,31). The molecule has 174 valence electrons. The summed E-state index contributed by atoms with van der Waals surface area (Å²) in [6.07, 6.45) is -10.2. The van der Waals surface area contributed by atoms with Crippen LogP contribution in [0.5, 0.6) is 23.0 Å². The van der Waals surface area contributed by atoms with Crippen LogP contribution in [0.2, 0.25) is 0 Å². The van der Waals surface area contributed by atoms with E-state index in [4.69, 9.17) is 9.47 Å². The highest BCUT2D eigenvalue weighted by Gasteiger charge is 2.37. The van der Waals surface area contributed by atoms with Gasteiger partial charge in [-0.3, -0.25) is 4.79 Å². The predicted octanol–water partition coefficient (Wildman–Crippen LogP) is 6.48. The number of alkyl halides is 6. The molecular formula is C22H15F6NO4. The van der Waals surface area contributed by atoms with Gasteiger partial charge in [-0.1, -0.05) is 6.07 Å². The molecule has 0 heterocycles. The summed E-state index contributed by atoms with van der Waals surface area (Å²) >= 11 is 0. The van der Waals surface area contributed by atoms with Gasteiger partial charge < -0.3 is 19.9 Å². The van der Waals surface area contributed by atoms with E-state index in [1.54, 1.807) is 12.1 Å². The summed E-state index contributed by atoms with van der Waals surface area (Å²) in [5.41, 5.74) is -4.45. The zero-order valence-electron chi connectivity index (χ0n) is 16.7. The molecule has 0 atom stereocenters. The van der Waals surface area contributed by atoms with Gasteiger partial charge in [-0.05, 0) is 54.6 Å². The summed E-state index contributed by atoms with van der Waals surface area (Å²) in [7, 11) is 1.45. The van der Waals surface area contributed by atoms with Crippen molar-refractivity contribution in [2.45, 2.75) is 12.4 Å². The highest BCUT2D eigenvalue weighted by atomic mass is 19.4. The molecule has 0 fully saturated rings. The van der Waals surface area contributed by atoms with E-state index >= 15 is 0 Å². The number of hydrogen-bond acceptors (Lipinski definition) is 4. The lowest BCUT2D eigenvalue weighted by Crippen LogP contribution is -2.16. The SMILES string of the molecule is COc1ccc(Oc2cccc(O)c2C(=O)Nc2cc(C(F)(F)F)cc(C(F)(F)F)c2)cc1. The van der Waals surface area contributed by atoms with Crippen LogP contribution >= 0.6 is 0 Å². The van der Waals surface area contributed by atoms with Crippen molar-refractivity contribution < 1.29 is 45.7 Å². The van der Waals surface area contributed by atoms with Gasteiger partial charge in [-0.2, -0.15) is 26.3 Å². The number of amides is 1. The third-order valence-electron chi connectivity index (χ3n) is 4.36. The molecule has 0 bridgehead atoms. The number of rotatable bonds is 5. The van der Waals surface area contributed by atoms with Crippen molar-refractivity contribution in [1.82, 2.24) is 0 Å². The summed E-state index contributed by atoms with van der Waals surface area (Å²) in [5, 5.41) is 12.1. The molecule has 0 aliphatic heterocycles. The van der Waals surface area contributed by atoms with E-state index in [2.05, 4.69) is 0 Å². The molecular weight excluding hydrogens is 456 g/mol. The normalized spacial score (nSPS) is 11.7. The number of aromatic hydroxyl groups is 1. The Balaban J connectivity index is 1.96. The maximum Gasteiger partial charge on any atom is 0.416 e. The van der Waals surface area contributed by atoms with Crippen LogP contribution in [0.1, 0.15) is 21.5 Å². The second-order valence-corrected chi connectivity index (χ2v) is 6.68. The lowest BCUT2D eigenvalue weighted by atomic mass is 10.1. The quantitative estimate of drug-likeness (QED) is 0.418. The van der Waals surface area contributed by atoms with Crippen molar-refractivity contribution in [1.29, 1.82) is 0 Å². The lowest BCUT2D eigenvalue weighted by molar-refractivity contribution is -0.143. The fourth-order valence-corrected chi connectivity index (χ4v) is 2.82. The van der Waals surface area contributed by atoms with Gasteiger partial charge in [0, 0.05) is 5.69 Å². The Bertz CT molecular complexity index is 1120. The largest absolute Gasteiger partial charge is 0.507 e. The van der Waals surface area contributed by atoms with Gasteiger partial charge in [-0.15, -0.1) is 0 Å². The molecule has 0 radical (unpaired) electrons. The van der Waals surface area contributed by atoms with Crippen molar-refractivity contribution in [3.63, 3.8) is 0 Å². The molecule has 0 saturated carbocycles. The fourth-order valence-electron chi connectivity index (χ4n) is 2.82. The van der Waals surface area contributed by atoms with Crippen LogP contribution in [-0.4, -0.2) is 18.1 Å². The Hall–Kier alpha value is -3.89. The number of methoxy groups -OCH3 is 1. The Morgan fingerprint density at radius 3 is 1.91 bits per heavy atom. The zero-order chi connectivity index (χ0) is 24.4. The van der Waals surface area contributed by atoms with Gasteiger partial charge in [0.05, 0.1) is 18.2 Å². The van der Waals surface area contributed by atoms with Crippen molar-refractivity contribution in [3.8, 4) is 23.0 Å². The third kappa shape index (κ3) is 5.68. The van der Waals surface area contributed by atoms with Crippen molar-refractivity contribution in [2.24, 2.45) is 0 Å². The zero-order valence-corrected chi connectivity index (χ0v) is 16.7. The summed E-state index contributed by atoms with van der Waals surface area (Å²) in [6, 6.07) is 10.5. The van der Waals surface area contributed by atoms with Gasteiger partial charge >= 0.3 is 12.4 Å². The molecule has 1 amide bonds. The minimum Gasteiger partial charge on any atom is -0.507 e. The third-order valence-corrected chi connectivity index (χ3v) is 4.36. The average Bonchev–Trinajstić information content (AvgIpc) is 2.73. The molecule has 11 heteroatoms. The number of benzene rings is 3. The first-order valence-electron chi connectivity index (χ1n) is 9.13. The molecule has 3 rings (SSSR count). The van der Waals surface area contributed by atoms with Crippen LogP contribution in [0.3, 0.4) is 0 Å². The highest BCUT2D eigenvalue weighted by molar-refractivity contribution is 6.08. The number of ether oxygens (including phenoxy) is 2. The first kappa shape index (κ1) is 23.8. The van der Waals surface area contributed by atoms with Crippen LogP contribution in [0.15, 0.2) is 60.7 Å². The maximum atomic E-state index is 13.1. The van der Waals surface area contributed by atoms with Gasteiger partial charge in [-0.25, -0.2) is 0 Å². The Labute approximate surface area is 183 Å². The smallest absolute Gasteiger partial charge is 0.416 e. The average molecular weight is 471 g/mol. The first-order valence-corrected chi connectivity index (χ1v) is 9.13. The van der Waals surface area contributed by atoms with Gasteiger partial charge in [0.2, 0.25) is 0 Å². The van der Waals surface area contributed by atoms with Crippen molar-refractivity contribution >= 4 is 11.6 Å². The van der Waals surface area contributed by atoms with Crippen LogP contribution < -0.4 is 14.8 Å². The van der Waals surface area contributed by atoms with Gasteiger partial charge in [0.1, 0.15) is 28.6 Å². The lowest BCUT2D eigenvalue weighted by Gasteiger charge is -2.16. The molecule has 3 aromatic carbocycles. The van der Waals surface area contributed by atoms with E-state index in [0.29, 0.717) is 17.9 Å². The Morgan fingerprint density at radius 2 is 1.39 bits per heavy atom. The summed E-state index contributed by atoms with van der Waals surface area (Å²) in [6.45, 7) is 0. The predicted molar refractivity (Wildman–Crippen MR) is 106 cm³/mol. The summed E-state index contributed by atoms with van der Waals surface area (Å²) in [5.74, 6) is -1.21. The van der Waals surface area contributed by atoms with E-state index in [9.17, 15) is 36.2 Å². The maximum absolute atomic E-state index is 13.1. The number of phenolic OH excluding ortho intramolecular Hbond substituents is 1. The van der Waals surface area contributed by atoms with E-state index in [1.807, 2.05) is 5.32 Å². The molecule has 2 N–H and O–H groups in total. The minimum absolute atomic E-state index is 0.0616. The Kier molecular flexibility index (Phi) is 6.43. The van der Waals surface area contributed by atoms with Crippen LogP contribution in [0, 0.1) is 0 Å². The van der Waals surface area contributed by atoms with E-state index in [1.165, 1.54) is 31.4 Å². The van der Waals surface area contributed by atoms with Crippen LogP contribution in [0.25, 0.3) is 0 Å². The van der Waals surface area contributed by atoms with Crippen LogP contribution in [0.4, 0.5) is 32.0 Å². The van der Waals surface area contributed by atoms with E-state index < -0.39 is 46.4 Å². The van der Waals surface area contributed by atoms with Gasteiger partial charge in [0.15, 0.2) is 0 Å². The van der Waals surface area contributed by atoms with Crippen molar-refractivity contribution in [2.75, 3.05) is 12.4 Å². The molecule has 0 saturated heterocycles. The van der Waals surface area contributed by atoms with E-state index in [-0.39, 0.29) is 17.6 Å². The number of anilines is 1. The molecule has 0 unspecified atom stereocenters. The number of carbonyl (C=O) groups excluding carboxylic acids is 1. The molecule has 33 heavy (non-hydrogen) atoms. The first-order chi connectivity index (χ1) is 15.4. The summed E-state index contributed by atoms with van der Waals surface area (Å²) < 4.78 is 89.0. The topological polar surface area (TPSA) is 67.8 Å². The van der Waals surface area contributed by atoms with E-state index in [0.717, 1.165) is 6.07 Å². The number of hydrogen-bond donors (Lipinski definition) is 2. The second kappa shape index (κ2) is 8.93. The molecule has 0 spiro atoms. The molecule has 0 aromatic heterocycles. The summed E-state index contributed by atoms with van der Waals surface area (Å²) in [4.78, 5) is 12.7. The van der Waals surface area contributed by atoms with Crippen molar-refractivity contribution in [3.05, 3.63) is 77.4 Å². The molecule has 0 aliphatic rings. The number of nitrogens with one attached hydrogen (secondary N) is 1. The molecule has 0 aliphatic carbocycles. The highest BCUT2D eigenvalue weighted by Crippen LogP contribution is 2.38. The second-order valence-electron chi connectivity index (χ2n) is 6.68. The number of carbonyl (C=O) groups is 1. The van der Waals surface area contributed by atoms with Crippen LogP contribution in [-0.2, 0) is 12.4 Å². The number of phenols is 1. The van der Waals surface area contributed by atoms with Gasteiger partial charge in [0.25, 0.3) is 5.91 Å².